The second kappa shape index (κ2) is 10.7. The average molecular weight is 426 g/mol. The summed E-state index contributed by atoms with van der Waals surface area (Å²) in [5.41, 5.74) is 2.51. The molecule has 3 rings (SSSR count). The van der Waals surface area contributed by atoms with E-state index in [-0.39, 0.29) is 11.7 Å². The first-order valence-corrected chi connectivity index (χ1v) is 10.4. The van der Waals surface area contributed by atoms with Crippen LogP contribution in [-0.4, -0.2) is 40.8 Å². The van der Waals surface area contributed by atoms with E-state index in [1.165, 1.54) is 12.1 Å². The van der Waals surface area contributed by atoms with E-state index in [9.17, 15) is 9.18 Å². The van der Waals surface area contributed by atoms with Gasteiger partial charge in [0.2, 0.25) is 11.8 Å². The highest BCUT2D eigenvalue weighted by Gasteiger charge is 2.24. The molecule has 0 aliphatic heterocycles. The molecule has 0 saturated carbocycles. The van der Waals surface area contributed by atoms with Crippen molar-refractivity contribution in [3.63, 3.8) is 0 Å². The SMILES string of the molecule is CCC(=O)N(CCOC)Cc1c(CC)nn(-c2ccccc2)c1Oc1ccc(F)cc1. The number of rotatable bonds is 10. The molecule has 2 aromatic carbocycles. The predicted octanol–water partition coefficient (Wildman–Crippen LogP) is 4.75. The molecule has 0 saturated heterocycles. The van der Waals surface area contributed by atoms with Crippen molar-refractivity contribution in [1.29, 1.82) is 0 Å². The maximum absolute atomic E-state index is 13.4. The van der Waals surface area contributed by atoms with Crippen molar-refractivity contribution in [3.8, 4) is 17.3 Å². The molecule has 0 bridgehead atoms. The number of benzene rings is 2. The van der Waals surface area contributed by atoms with Gasteiger partial charge in [0.15, 0.2) is 0 Å². The third-order valence-corrected chi connectivity index (χ3v) is 4.95. The molecular weight excluding hydrogens is 397 g/mol. The minimum atomic E-state index is -0.335. The Morgan fingerprint density at radius 1 is 1.10 bits per heavy atom. The molecule has 6 nitrogen and oxygen atoms in total. The summed E-state index contributed by atoms with van der Waals surface area (Å²) in [6, 6.07) is 15.5. The first kappa shape index (κ1) is 22.5. The molecule has 7 heteroatoms. The van der Waals surface area contributed by atoms with Gasteiger partial charge in [-0.1, -0.05) is 32.0 Å². The zero-order chi connectivity index (χ0) is 22.2. The number of ether oxygens (including phenoxy) is 2. The summed E-state index contributed by atoms with van der Waals surface area (Å²) in [6.07, 6.45) is 1.07. The van der Waals surface area contributed by atoms with Crippen molar-refractivity contribution in [2.45, 2.75) is 33.2 Å². The quantitative estimate of drug-likeness (QED) is 0.470. The Bertz CT molecular complexity index is 987. The number of hydrogen-bond acceptors (Lipinski definition) is 4. The zero-order valence-corrected chi connectivity index (χ0v) is 18.2. The van der Waals surface area contributed by atoms with Gasteiger partial charge in [-0.05, 0) is 42.8 Å². The fraction of sp³-hybridized carbons (Fsp3) is 0.333. The van der Waals surface area contributed by atoms with Crippen LogP contribution >= 0.6 is 0 Å². The van der Waals surface area contributed by atoms with Gasteiger partial charge < -0.3 is 14.4 Å². The molecule has 0 N–H and O–H groups in total. The van der Waals surface area contributed by atoms with Crippen LogP contribution in [-0.2, 0) is 22.5 Å². The second-order valence-corrected chi connectivity index (χ2v) is 7.05. The summed E-state index contributed by atoms with van der Waals surface area (Å²) in [7, 11) is 1.61. The van der Waals surface area contributed by atoms with Gasteiger partial charge in [-0.2, -0.15) is 5.10 Å². The maximum atomic E-state index is 13.4. The summed E-state index contributed by atoms with van der Waals surface area (Å²) in [6.45, 7) is 5.12. The Kier molecular flexibility index (Phi) is 7.78. The largest absolute Gasteiger partial charge is 0.439 e. The van der Waals surface area contributed by atoms with Crippen molar-refractivity contribution in [2.24, 2.45) is 0 Å². The normalized spacial score (nSPS) is 10.8. The van der Waals surface area contributed by atoms with E-state index in [0.29, 0.717) is 44.2 Å². The van der Waals surface area contributed by atoms with Crippen LogP contribution in [0.15, 0.2) is 54.6 Å². The zero-order valence-electron chi connectivity index (χ0n) is 18.2. The van der Waals surface area contributed by atoms with Gasteiger partial charge in [-0.3, -0.25) is 4.79 Å². The number of carbonyl (C=O) groups is 1. The molecule has 0 radical (unpaired) electrons. The van der Waals surface area contributed by atoms with Crippen LogP contribution in [0.2, 0.25) is 0 Å². The van der Waals surface area contributed by atoms with E-state index in [0.717, 1.165) is 16.9 Å². The molecule has 0 aliphatic rings. The molecular formula is C24H28FN3O3. The van der Waals surface area contributed by atoms with Gasteiger partial charge in [0.25, 0.3) is 0 Å². The first-order chi connectivity index (χ1) is 15.1. The lowest BCUT2D eigenvalue weighted by Crippen LogP contribution is -2.33. The monoisotopic (exact) mass is 425 g/mol. The third kappa shape index (κ3) is 5.49. The van der Waals surface area contributed by atoms with Crippen LogP contribution in [0.4, 0.5) is 4.39 Å². The van der Waals surface area contributed by atoms with E-state index in [4.69, 9.17) is 14.6 Å². The Morgan fingerprint density at radius 2 is 1.81 bits per heavy atom. The number of para-hydroxylation sites is 1. The molecule has 164 valence electrons. The molecule has 3 aromatic rings. The minimum absolute atomic E-state index is 0.0271. The number of aromatic nitrogens is 2. The number of nitrogens with zero attached hydrogens (tertiary/aromatic N) is 3. The standard InChI is InChI=1S/C24H28FN3O3/c1-4-22-21(17-27(15-16-30-3)23(29)5-2)24(31-20-13-11-18(25)12-14-20)28(26-22)19-9-7-6-8-10-19/h6-14H,4-5,15-17H2,1-3H3. The Balaban J connectivity index is 2.07. The van der Waals surface area contributed by atoms with E-state index < -0.39 is 0 Å². The molecule has 1 aromatic heterocycles. The van der Waals surface area contributed by atoms with E-state index in [1.54, 1.807) is 28.8 Å². The summed E-state index contributed by atoms with van der Waals surface area (Å²) in [5.74, 6) is 0.700. The highest BCUT2D eigenvalue weighted by molar-refractivity contribution is 5.76. The van der Waals surface area contributed by atoms with Gasteiger partial charge in [0, 0.05) is 20.1 Å². The molecule has 0 fully saturated rings. The number of amides is 1. The molecule has 0 unspecified atom stereocenters. The Morgan fingerprint density at radius 3 is 2.42 bits per heavy atom. The van der Waals surface area contributed by atoms with Gasteiger partial charge in [-0.15, -0.1) is 0 Å². The molecule has 0 atom stereocenters. The first-order valence-electron chi connectivity index (χ1n) is 10.4. The third-order valence-electron chi connectivity index (χ3n) is 4.95. The summed E-state index contributed by atoms with van der Waals surface area (Å²) < 4.78 is 26.5. The number of carbonyl (C=O) groups excluding carboxylic acids is 1. The lowest BCUT2D eigenvalue weighted by atomic mass is 10.1. The minimum Gasteiger partial charge on any atom is -0.439 e. The number of halogens is 1. The van der Waals surface area contributed by atoms with Crippen molar-refractivity contribution in [2.75, 3.05) is 20.3 Å². The van der Waals surface area contributed by atoms with Crippen molar-refractivity contribution < 1.29 is 18.7 Å². The van der Waals surface area contributed by atoms with Crippen molar-refractivity contribution in [3.05, 3.63) is 71.7 Å². The summed E-state index contributed by atoms with van der Waals surface area (Å²) in [4.78, 5) is 14.3. The van der Waals surface area contributed by atoms with Crippen LogP contribution in [0.25, 0.3) is 5.69 Å². The molecule has 0 aliphatic carbocycles. The second-order valence-electron chi connectivity index (χ2n) is 7.05. The molecule has 1 amide bonds. The maximum Gasteiger partial charge on any atom is 0.227 e. The highest BCUT2D eigenvalue weighted by atomic mass is 19.1. The summed E-state index contributed by atoms with van der Waals surface area (Å²) >= 11 is 0. The number of methoxy groups -OCH3 is 1. The predicted molar refractivity (Wildman–Crippen MR) is 117 cm³/mol. The smallest absolute Gasteiger partial charge is 0.227 e. The van der Waals surface area contributed by atoms with Crippen LogP contribution < -0.4 is 4.74 Å². The molecule has 31 heavy (non-hydrogen) atoms. The van der Waals surface area contributed by atoms with Gasteiger partial charge in [0.1, 0.15) is 11.6 Å². The lowest BCUT2D eigenvalue weighted by molar-refractivity contribution is -0.132. The Hall–Kier alpha value is -3.19. The van der Waals surface area contributed by atoms with Crippen molar-refractivity contribution in [1.82, 2.24) is 14.7 Å². The van der Waals surface area contributed by atoms with Gasteiger partial charge in [0.05, 0.1) is 30.1 Å². The average Bonchev–Trinajstić information content (AvgIpc) is 3.15. The van der Waals surface area contributed by atoms with Crippen molar-refractivity contribution >= 4 is 5.91 Å². The van der Waals surface area contributed by atoms with E-state index in [2.05, 4.69) is 0 Å². The van der Waals surface area contributed by atoms with E-state index in [1.807, 2.05) is 44.2 Å². The fourth-order valence-electron chi connectivity index (χ4n) is 3.29. The number of aryl methyl sites for hydroxylation is 1. The van der Waals surface area contributed by atoms with Crippen LogP contribution in [0.3, 0.4) is 0 Å². The molecule has 1 heterocycles. The van der Waals surface area contributed by atoms with Crippen LogP contribution in [0.5, 0.6) is 11.6 Å². The van der Waals surface area contributed by atoms with Gasteiger partial charge in [-0.25, -0.2) is 9.07 Å². The fourth-order valence-corrected chi connectivity index (χ4v) is 3.29. The lowest BCUT2D eigenvalue weighted by Gasteiger charge is -2.22. The number of hydrogen-bond donors (Lipinski definition) is 0. The van der Waals surface area contributed by atoms with Crippen LogP contribution in [0, 0.1) is 5.82 Å². The topological polar surface area (TPSA) is 56.6 Å². The van der Waals surface area contributed by atoms with Crippen LogP contribution in [0.1, 0.15) is 31.5 Å². The highest BCUT2D eigenvalue weighted by Crippen LogP contribution is 2.32. The van der Waals surface area contributed by atoms with E-state index >= 15 is 0 Å². The summed E-state index contributed by atoms with van der Waals surface area (Å²) in [5, 5.41) is 4.78. The van der Waals surface area contributed by atoms with Gasteiger partial charge >= 0.3 is 0 Å². The molecule has 0 spiro atoms. The Labute approximate surface area is 182 Å².